The van der Waals surface area contributed by atoms with Gasteiger partial charge in [0.1, 0.15) is 12.4 Å². The molecule has 2 atom stereocenters. The third-order valence-electron chi connectivity index (χ3n) is 3.60. The van der Waals surface area contributed by atoms with Crippen LogP contribution >= 0.6 is 11.6 Å². The highest BCUT2D eigenvalue weighted by Gasteiger charge is 2.15. The molecule has 140 valence electrons. The molecule has 1 amide bonds. The highest BCUT2D eigenvalue weighted by atomic mass is 35.5. The molecule has 2 rings (SSSR count). The lowest BCUT2D eigenvalue weighted by atomic mass is 10.2. The minimum atomic E-state index is -0.406. The van der Waals surface area contributed by atoms with Crippen molar-refractivity contribution in [2.75, 3.05) is 17.2 Å². The summed E-state index contributed by atoms with van der Waals surface area (Å²) in [6, 6.07) is 9.58. The fourth-order valence-electron chi connectivity index (χ4n) is 2.06. The van der Waals surface area contributed by atoms with E-state index in [2.05, 4.69) is 25.6 Å². The monoisotopic (exact) mass is 377 g/mol. The van der Waals surface area contributed by atoms with Crippen molar-refractivity contribution in [3.05, 3.63) is 36.2 Å². The number of nitrogens with zero attached hydrogens (tertiary/aromatic N) is 3. The average molecular weight is 378 g/mol. The maximum absolute atomic E-state index is 11.6. The number of nitrogens with one attached hydrogen (secondary N) is 2. The van der Waals surface area contributed by atoms with E-state index in [0.29, 0.717) is 24.8 Å². The zero-order valence-electron chi connectivity index (χ0n) is 15.2. The quantitative estimate of drug-likeness (QED) is 0.646. The minimum absolute atomic E-state index is 0.00851. The number of amides is 1. The molecular weight excluding hydrogens is 354 g/mol. The van der Waals surface area contributed by atoms with E-state index in [-0.39, 0.29) is 17.9 Å². The third kappa shape index (κ3) is 6.15. The molecule has 0 saturated carbocycles. The van der Waals surface area contributed by atoms with Gasteiger partial charge in [0.15, 0.2) is 5.82 Å². The van der Waals surface area contributed by atoms with Crippen molar-refractivity contribution < 1.29 is 9.53 Å². The number of benzene rings is 1. The standard InChI is InChI=1S/C18H24ClN5O2/c1-4-13(11-26-14-9-7-6-8-10-14)20-17-22-16(12(3)19)23-18(24-17)21-15(25)5-2/h6-10,12-13H,4-5,11H2,1-3H3,(H2,20,21,22,23,24,25)/t12-,13?/m0/s1. The first-order chi connectivity index (χ1) is 12.5. The van der Waals surface area contributed by atoms with Crippen LogP contribution in [-0.4, -0.2) is 33.5 Å². The SMILES string of the molecule is CCC(=O)Nc1nc(NC(CC)COc2ccccc2)nc([C@H](C)Cl)n1. The average Bonchev–Trinajstić information content (AvgIpc) is 2.65. The first kappa shape index (κ1) is 19.9. The number of alkyl halides is 1. The molecule has 0 spiro atoms. The number of anilines is 2. The molecule has 2 N–H and O–H groups in total. The largest absolute Gasteiger partial charge is 0.491 e. The molecule has 0 aliphatic heterocycles. The lowest BCUT2D eigenvalue weighted by Gasteiger charge is -2.18. The number of carbonyl (C=O) groups excluding carboxylic acids is 1. The van der Waals surface area contributed by atoms with Gasteiger partial charge in [-0.05, 0) is 25.5 Å². The van der Waals surface area contributed by atoms with Crippen molar-refractivity contribution in [2.24, 2.45) is 0 Å². The zero-order chi connectivity index (χ0) is 18.9. The van der Waals surface area contributed by atoms with Crippen LogP contribution in [0, 0.1) is 0 Å². The number of ether oxygens (including phenoxy) is 1. The fraction of sp³-hybridized carbons (Fsp3) is 0.444. The molecule has 0 aliphatic carbocycles. The summed E-state index contributed by atoms with van der Waals surface area (Å²) in [6.45, 7) is 6.02. The van der Waals surface area contributed by atoms with Gasteiger partial charge in [0.2, 0.25) is 17.8 Å². The summed E-state index contributed by atoms with van der Waals surface area (Å²) in [5.41, 5.74) is 0. The summed E-state index contributed by atoms with van der Waals surface area (Å²) < 4.78 is 5.79. The highest BCUT2D eigenvalue weighted by molar-refractivity contribution is 6.20. The molecule has 1 heterocycles. The molecule has 0 aliphatic rings. The van der Waals surface area contributed by atoms with Crippen molar-refractivity contribution >= 4 is 29.4 Å². The summed E-state index contributed by atoms with van der Waals surface area (Å²) >= 11 is 6.11. The molecule has 2 aromatic rings. The van der Waals surface area contributed by atoms with Crippen molar-refractivity contribution in [1.82, 2.24) is 15.0 Å². The number of rotatable bonds is 9. The predicted octanol–water partition coefficient (Wildman–Crippen LogP) is 3.79. The van der Waals surface area contributed by atoms with E-state index in [1.165, 1.54) is 0 Å². The number of hydrogen-bond donors (Lipinski definition) is 2. The van der Waals surface area contributed by atoms with E-state index in [4.69, 9.17) is 16.3 Å². The van der Waals surface area contributed by atoms with Crippen molar-refractivity contribution in [1.29, 1.82) is 0 Å². The molecule has 0 bridgehead atoms. The molecule has 1 aromatic carbocycles. The van der Waals surface area contributed by atoms with E-state index in [1.54, 1.807) is 13.8 Å². The van der Waals surface area contributed by atoms with Gasteiger partial charge in [-0.3, -0.25) is 10.1 Å². The summed E-state index contributed by atoms with van der Waals surface area (Å²) in [5, 5.41) is 5.47. The Kier molecular flexibility index (Phi) is 7.59. The summed E-state index contributed by atoms with van der Waals surface area (Å²) in [4.78, 5) is 24.4. The lowest BCUT2D eigenvalue weighted by Crippen LogP contribution is -2.28. The maximum atomic E-state index is 11.6. The van der Waals surface area contributed by atoms with E-state index < -0.39 is 5.38 Å². The second-order valence-corrected chi connectivity index (χ2v) is 6.39. The minimum Gasteiger partial charge on any atom is -0.491 e. The van der Waals surface area contributed by atoms with Gasteiger partial charge in [-0.25, -0.2) is 0 Å². The van der Waals surface area contributed by atoms with Gasteiger partial charge in [0.05, 0.1) is 11.4 Å². The number of hydrogen-bond acceptors (Lipinski definition) is 6. The highest BCUT2D eigenvalue weighted by Crippen LogP contribution is 2.19. The van der Waals surface area contributed by atoms with Gasteiger partial charge in [-0.15, -0.1) is 11.6 Å². The van der Waals surface area contributed by atoms with Crippen LogP contribution in [0.25, 0.3) is 0 Å². The Morgan fingerprint density at radius 2 is 1.85 bits per heavy atom. The van der Waals surface area contributed by atoms with Crippen molar-refractivity contribution in [3.8, 4) is 5.75 Å². The molecule has 26 heavy (non-hydrogen) atoms. The van der Waals surface area contributed by atoms with E-state index in [0.717, 1.165) is 12.2 Å². The Labute approximate surface area is 158 Å². The smallest absolute Gasteiger partial charge is 0.234 e. The van der Waals surface area contributed by atoms with Gasteiger partial charge >= 0.3 is 0 Å². The summed E-state index contributed by atoms with van der Waals surface area (Å²) in [6.07, 6.45) is 1.14. The Morgan fingerprint density at radius 1 is 1.15 bits per heavy atom. The number of para-hydroxylation sites is 1. The van der Waals surface area contributed by atoms with Gasteiger partial charge in [-0.2, -0.15) is 15.0 Å². The predicted molar refractivity (Wildman–Crippen MR) is 103 cm³/mol. The van der Waals surface area contributed by atoms with Crippen LogP contribution in [0.15, 0.2) is 30.3 Å². The van der Waals surface area contributed by atoms with E-state index in [1.807, 2.05) is 37.3 Å². The summed E-state index contributed by atoms with van der Waals surface area (Å²) in [7, 11) is 0. The van der Waals surface area contributed by atoms with Crippen LogP contribution in [0.5, 0.6) is 5.75 Å². The maximum Gasteiger partial charge on any atom is 0.234 e. The van der Waals surface area contributed by atoms with Crippen LogP contribution in [0.3, 0.4) is 0 Å². The van der Waals surface area contributed by atoms with Crippen LogP contribution in [0.1, 0.15) is 44.8 Å². The molecular formula is C18H24ClN5O2. The second kappa shape index (κ2) is 9.91. The fourth-order valence-corrected chi connectivity index (χ4v) is 2.16. The topological polar surface area (TPSA) is 89.0 Å². The first-order valence-corrected chi connectivity index (χ1v) is 9.09. The van der Waals surface area contributed by atoms with Gasteiger partial charge in [0, 0.05) is 6.42 Å². The Balaban J connectivity index is 2.10. The van der Waals surface area contributed by atoms with Crippen molar-refractivity contribution in [3.63, 3.8) is 0 Å². The second-order valence-electron chi connectivity index (χ2n) is 5.73. The molecule has 0 saturated heterocycles. The van der Waals surface area contributed by atoms with E-state index >= 15 is 0 Å². The Morgan fingerprint density at radius 3 is 2.46 bits per heavy atom. The Hall–Kier alpha value is -2.41. The lowest BCUT2D eigenvalue weighted by molar-refractivity contribution is -0.115. The molecule has 1 unspecified atom stereocenters. The number of halogens is 1. The third-order valence-corrected chi connectivity index (χ3v) is 3.80. The first-order valence-electron chi connectivity index (χ1n) is 8.66. The molecule has 7 nitrogen and oxygen atoms in total. The number of carbonyl (C=O) groups is 1. The molecule has 0 fully saturated rings. The van der Waals surface area contributed by atoms with Crippen LogP contribution in [-0.2, 0) is 4.79 Å². The van der Waals surface area contributed by atoms with Crippen molar-refractivity contribution in [2.45, 2.75) is 45.0 Å². The normalized spacial score (nSPS) is 12.9. The van der Waals surface area contributed by atoms with Crippen LogP contribution in [0.4, 0.5) is 11.9 Å². The van der Waals surface area contributed by atoms with E-state index in [9.17, 15) is 4.79 Å². The zero-order valence-corrected chi connectivity index (χ0v) is 16.0. The molecule has 1 aromatic heterocycles. The Bertz CT molecular complexity index is 712. The van der Waals surface area contributed by atoms with Crippen LogP contribution < -0.4 is 15.4 Å². The summed E-state index contributed by atoms with van der Waals surface area (Å²) in [5.74, 6) is 1.58. The van der Waals surface area contributed by atoms with Gasteiger partial charge in [-0.1, -0.05) is 32.0 Å². The van der Waals surface area contributed by atoms with Crippen LogP contribution in [0.2, 0.25) is 0 Å². The van der Waals surface area contributed by atoms with Gasteiger partial charge < -0.3 is 10.1 Å². The van der Waals surface area contributed by atoms with Gasteiger partial charge in [0.25, 0.3) is 0 Å². The molecule has 0 radical (unpaired) electrons. The molecule has 8 heteroatoms. The number of aromatic nitrogens is 3.